The lowest BCUT2D eigenvalue weighted by atomic mass is 9.95. The Balaban J connectivity index is 2.83. The molecule has 5 heteroatoms. The van der Waals surface area contributed by atoms with Crippen molar-refractivity contribution >= 4 is 5.97 Å². The van der Waals surface area contributed by atoms with Gasteiger partial charge in [0.2, 0.25) is 0 Å². The number of aryl methyl sites for hydroxylation is 1. The summed E-state index contributed by atoms with van der Waals surface area (Å²) in [7, 11) is 3.23. The maximum Gasteiger partial charge on any atom is 0.323 e. The Morgan fingerprint density at radius 1 is 1.43 bits per heavy atom. The van der Waals surface area contributed by atoms with Gasteiger partial charge in [0.25, 0.3) is 0 Å². The number of benzene rings is 1. The molecule has 2 unspecified atom stereocenters. The molecule has 5 nitrogen and oxygen atoms in total. The topological polar surface area (TPSA) is 67.8 Å². The molecular formula is C16H25NO4. The van der Waals surface area contributed by atoms with Crippen molar-refractivity contribution in [2.75, 3.05) is 14.2 Å². The highest BCUT2D eigenvalue weighted by Gasteiger charge is 2.33. The predicted octanol–water partition coefficient (Wildman–Crippen LogP) is 2.48. The summed E-state index contributed by atoms with van der Waals surface area (Å²) >= 11 is 0. The fourth-order valence-electron chi connectivity index (χ4n) is 2.16. The summed E-state index contributed by atoms with van der Waals surface area (Å²) in [5.74, 6) is 0.405. The van der Waals surface area contributed by atoms with E-state index in [0.717, 1.165) is 12.0 Å². The van der Waals surface area contributed by atoms with Crippen LogP contribution in [0.4, 0.5) is 0 Å². The first-order chi connectivity index (χ1) is 9.86. The van der Waals surface area contributed by atoms with Crippen molar-refractivity contribution in [2.24, 2.45) is 0 Å². The summed E-state index contributed by atoms with van der Waals surface area (Å²) < 4.78 is 11.2. The Labute approximate surface area is 126 Å². The van der Waals surface area contributed by atoms with Crippen molar-refractivity contribution < 1.29 is 19.4 Å². The van der Waals surface area contributed by atoms with Gasteiger partial charge >= 0.3 is 5.97 Å². The van der Waals surface area contributed by atoms with Gasteiger partial charge in [-0.15, -0.1) is 0 Å². The van der Waals surface area contributed by atoms with Gasteiger partial charge in [0.05, 0.1) is 13.2 Å². The van der Waals surface area contributed by atoms with Crippen LogP contribution in [0.3, 0.4) is 0 Å². The maximum atomic E-state index is 11.3. The number of rotatable bonds is 8. The van der Waals surface area contributed by atoms with Crippen LogP contribution in [0, 0.1) is 0 Å². The highest BCUT2D eigenvalue weighted by Crippen LogP contribution is 2.30. The molecule has 0 aliphatic carbocycles. The van der Waals surface area contributed by atoms with E-state index in [9.17, 15) is 9.90 Å². The number of hydrogen-bond donors (Lipinski definition) is 2. The minimum absolute atomic E-state index is 0.264. The Bertz CT molecular complexity index is 489. The van der Waals surface area contributed by atoms with Crippen LogP contribution in [0.5, 0.6) is 11.5 Å². The van der Waals surface area contributed by atoms with Gasteiger partial charge in [-0.2, -0.15) is 0 Å². The number of aliphatic carboxylic acids is 1. The van der Waals surface area contributed by atoms with Crippen molar-refractivity contribution in [3.05, 3.63) is 23.8 Å². The number of carboxylic acid groups (broad SMARTS) is 1. The van der Waals surface area contributed by atoms with Crippen LogP contribution < -0.4 is 14.8 Å². The minimum Gasteiger partial charge on any atom is -0.493 e. The average molecular weight is 295 g/mol. The summed E-state index contributed by atoms with van der Waals surface area (Å²) in [6.07, 6.45) is 1.00. The monoisotopic (exact) mass is 295 g/mol. The van der Waals surface area contributed by atoms with Crippen LogP contribution in [0.25, 0.3) is 0 Å². The molecule has 0 aliphatic rings. The van der Waals surface area contributed by atoms with Gasteiger partial charge in [0, 0.05) is 6.42 Å². The molecule has 0 bridgehead atoms. The molecular weight excluding hydrogens is 270 g/mol. The normalized spacial score (nSPS) is 15.1. The van der Waals surface area contributed by atoms with Gasteiger partial charge in [-0.1, -0.05) is 13.0 Å². The predicted molar refractivity (Wildman–Crippen MR) is 82.2 cm³/mol. The van der Waals surface area contributed by atoms with E-state index in [1.807, 2.05) is 25.1 Å². The molecule has 0 spiro atoms. The molecule has 0 aliphatic heterocycles. The zero-order valence-corrected chi connectivity index (χ0v) is 13.4. The van der Waals surface area contributed by atoms with Gasteiger partial charge < -0.3 is 19.9 Å². The number of likely N-dealkylation sites (N-methyl/N-ethyl adjacent to an activating group) is 1. The highest BCUT2D eigenvalue weighted by atomic mass is 16.5. The Kier molecular flexibility index (Phi) is 6.03. The number of carboxylic acids is 1. The van der Waals surface area contributed by atoms with Gasteiger partial charge in [0.15, 0.2) is 11.5 Å². The molecule has 0 radical (unpaired) electrons. The van der Waals surface area contributed by atoms with Crippen molar-refractivity contribution in [3.63, 3.8) is 0 Å². The van der Waals surface area contributed by atoms with Crippen molar-refractivity contribution in [1.29, 1.82) is 0 Å². The lowest BCUT2D eigenvalue weighted by molar-refractivity contribution is -0.145. The summed E-state index contributed by atoms with van der Waals surface area (Å²) in [5, 5.41) is 12.1. The Morgan fingerprint density at radius 2 is 2.10 bits per heavy atom. The second-order valence-electron chi connectivity index (χ2n) is 5.36. The molecule has 0 fully saturated rings. The molecule has 0 saturated carbocycles. The Hall–Kier alpha value is -1.75. The van der Waals surface area contributed by atoms with E-state index in [4.69, 9.17) is 9.47 Å². The van der Waals surface area contributed by atoms with Crippen LogP contribution in [-0.4, -0.2) is 36.9 Å². The smallest absolute Gasteiger partial charge is 0.323 e. The first-order valence-electron chi connectivity index (χ1n) is 7.12. The SMILES string of the molecule is CCc1ccc(OC(C)CC(C)(NC)C(=O)O)c(OC)c1. The highest BCUT2D eigenvalue weighted by molar-refractivity contribution is 5.78. The molecule has 118 valence electrons. The fourth-order valence-corrected chi connectivity index (χ4v) is 2.16. The van der Waals surface area contributed by atoms with Crippen molar-refractivity contribution in [2.45, 2.75) is 45.3 Å². The van der Waals surface area contributed by atoms with Crippen molar-refractivity contribution in [1.82, 2.24) is 5.32 Å². The summed E-state index contributed by atoms with van der Waals surface area (Å²) in [4.78, 5) is 11.3. The second kappa shape index (κ2) is 7.31. The van der Waals surface area contributed by atoms with E-state index in [2.05, 4.69) is 12.2 Å². The van der Waals surface area contributed by atoms with Crippen LogP contribution in [0.1, 0.15) is 32.8 Å². The molecule has 0 heterocycles. The van der Waals surface area contributed by atoms with Crippen LogP contribution in [-0.2, 0) is 11.2 Å². The van der Waals surface area contributed by atoms with E-state index in [1.165, 1.54) is 0 Å². The van der Waals surface area contributed by atoms with Crippen LogP contribution in [0.15, 0.2) is 18.2 Å². The molecule has 1 aromatic rings. The summed E-state index contributed by atoms with van der Waals surface area (Å²) in [6.45, 7) is 5.57. The van der Waals surface area contributed by atoms with E-state index < -0.39 is 11.5 Å². The molecule has 2 atom stereocenters. The Morgan fingerprint density at radius 3 is 2.57 bits per heavy atom. The van der Waals surface area contributed by atoms with Crippen LogP contribution >= 0.6 is 0 Å². The number of ether oxygens (including phenoxy) is 2. The first kappa shape index (κ1) is 17.3. The quantitative estimate of drug-likeness (QED) is 0.771. The van der Waals surface area contributed by atoms with E-state index >= 15 is 0 Å². The standard InChI is InChI=1S/C16H25NO4/c1-6-12-7-8-13(14(9-12)20-5)21-11(2)10-16(3,17-4)15(18)19/h7-9,11,17H,6,10H2,1-5H3,(H,18,19). The molecule has 0 aromatic heterocycles. The van der Waals surface area contributed by atoms with Gasteiger partial charge in [-0.3, -0.25) is 4.79 Å². The van der Waals surface area contributed by atoms with Gasteiger partial charge in [-0.05, 0) is 45.0 Å². The number of carbonyl (C=O) groups is 1. The summed E-state index contributed by atoms with van der Waals surface area (Å²) in [6, 6.07) is 5.79. The fraction of sp³-hybridized carbons (Fsp3) is 0.562. The third-order valence-corrected chi connectivity index (χ3v) is 3.68. The molecule has 2 N–H and O–H groups in total. The minimum atomic E-state index is -1.02. The second-order valence-corrected chi connectivity index (χ2v) is 5.36. The molecule has 1 rings (SSSR count). The number of nitrogens with one attached hydrogen (secondary N) is 1. The van der Waals surface area contributed by atoms with Gasteiger partial charge in [0.1, 0.15) is 5.54 Å². The zero-order valence-electron chi connectivity index (χ0n) is 13.4. The summed E-state index contributed by atoms with van der Waals surface area (Å²) in [5.41, 5.74) is 0.146. The van der Waals surface area contributed by atoms with E-state index in [0.29, 0.717) is 17.9 Å². The lowest BCUT2D eigenvalue weighted by Gasteiger charge is -2.28. The molecule has 21 heavy (non-hydrogen) atoms. The maximum absolute atomic E-state index is 11.3. The zero-order chi connectivity index (χ0) is 16.0. The van der Waals surface area contributed by atoms with E-state index in [1.54, 1.807) is 21.1 Å². The number of methoxy groups -OCH3 is 1. The first-order valence-corrected chi connectivity index (χ1v) is 7.12. The average Bonchev–Trinajstić information content (AvgIpc) is 2.47. The van der Waals surface area contributed by atoms with E-state index in [-0.39, 0.29) is 6.10 Å². The van der Waals surface area contributed by atoms with Crippen LogP contribution in [0.2, 0.25) is 0 Å². The van der Waals surface area contributed by atoms with Crippen molar-refractivity contribution in [3.8, 4) is 11.5 Å². The molecule has 1 aromatic carbocycles. The molecule has 0 saturated heterocycles. The largest absolute Gasteiger partial charge is 0.493 e. The third-order valence-electron chi connectivity index (χ3n) is 3.68. The third kappa shape index (κ3) is 4.36. The molecule has 0 amide bonds. The lowest BCUT2D eigenvalue weighted by Crippen LogP contribution is -2.50. The number of hydrogen-bond acceptors (Lipinski definition) is 4. The van der Waals surface area contributed by atoms with Gasteiger partial charge in [-0.25, -0.2) is 0 Å².